The molecule has 1 aromatic carbocycles. The lowest BCUT2D eigenvalue weighted by Crippen LogP contribution is -2.52. The number of aryl methyl sites for hydroxylation is 1. The molecule has 4 heterocycles. The number of carbonyl (C=O) groups is 3. The number of aromatic nitrogens is 1. The molecule has 8 nitrogen and oxygen atoms in total. The summed E-state index contributed by atoms with van der Waals surface area (Å²) >= 11 is 1.66. The minimum absolute atomic E-state index is 0.196. The molecule has 32 heavy (non-hydrogen) atoms. The number of piperazine rings is 1. The number of halogens is 1. The van der Waals surface area contributed by atoms with Crippen LogP contribution in [0.2, 0.25) is 0 Å². The third-order valence-electron chi connectivity index (χ3n) is 6.52. The molecule has 2 aromatic rings. The average molecular weight is 458 g/mol. The lowest BCUT2D eigenvalue weighted by molar-refractivity contribution is -0.136. The number of nitrogens with zero attached hydrogens (tertiary/aromatic N) is 4. The van der Waals surface area contributed by atoms with E-state index >= 15 is 0 Å². The summed E-state index contributed by atoms with van der Waals surface area (Å²) < 4.78 is 15.0. The second-order valence-corrected chi connectivity index (χ2v) is 9.42. The van der Waals surface area contributed by atoms with Crippen molar-refractivity contribution in [3.8, 4) is 0 Å². The summed E-state index contributed by atoms with van der Waals surface area (Å²) in [6, 6.07) is 2.35. The SMILES string of the molecule is Cc1ncsc1CN1CCN(c2cc3c(cc2F)C(=O)N(C2CCC(=O)NC2=O)C3)CC1. The number of anilines is 1. The van der Waals surface area contributed by atoms with Crippen molar-refractivity contribution in [3.05, 3.63) is 45.2 Å². The van der Waals surface area contributed by atoms with Gasteiger partial charge in [-0.05, 0) is 31.0 Å². The Hall–Kier alpha value is -2.85. The van der Waals surface area contributed by atoms with E-state index in [1.54, 1.807) is 17.4 Å². The maximum absolute atomic E-state index is 15.0. The van der Waals surface area contributed by atoms with Crippen LogP contribution in [0.3, 0.4) is 0 Å². The molecule has 1 atom stereocenters. The third-order valence-corrected chi connectivity index (χ3v) is 7.44. The first-order chi connectivity index (χ1) is 15.4. The summed E-state index contributed by atoms with van der Waals surface area (Å²) in [6.07, 6.45) is 0.489. The van der Waals surface area contributed by atoms with Crippen molar-refractivity contribution in [2.75, 3.05) is 31.1 Å². The van der Waals surface area contributed by atoms with Crippen LogP contribution in [-0.2, 0) is 22.7 Å². The largest absolute Gasteiger partial charge is 0.367 e. The number of thiazole rings is 1. The van der Waals surface area contributed by atoms with Crippen molar-refractivity contribution < 1.29 is 18.8 Å². The van der Waals surface area contributed by atoms with E-state index in [9.17, 15) is 18.8 Å². The van der Waals surface area contributed by atoms with E-state index in [1.165, 1.54) is 15.8 Å². The highest BCUT2D eigenvalue weighted by molar-refractivity contribution is 7.09. The summed E-state index contributed by atoms with van der Waals surface area (Å²) in [5.41, 5.74) is 4.44. The summed E-state index contributed by atoms with van der Waals surface area (Å²) in [5, 5.41) is 2.29. The van der Waals surface area contributed by atoms with Gasteiger partial charge in [-0.25, -0.2) is 9.37 Å². The second kappa shape index (κ2) is 8.25. The van der Waals surface area contributed by atoms with Gasteiger partial charge >= 0.3 is 0 Å². The number of amides is 3. The molecule has 5 rings (SSSR count). The molecule has 0 bridgehead atoms. The van der Waals surface area contributed by atoms with Crippen molar-refractivity contribution in [1.29, 1.82) is 0 Å². The lowest BCUT2D eigenvalue weighted by atomic mass is 10.0. The number of rotatable bonds is 4. The first-order valence-corrected chi connectivity index (χ1v) is 11.6. The summed E-state index contributed by atoms with van der Waals surface area (Å²) in [6.45, 7) is 6.13. The van der Waals surface area contributed by atoms with Gasteiger partial charge in [0.25, 0.3) is 5.91 Å². The molecule has 0 aliphatic carbocycles. The number of benzene rings is 1. The Bertz CT molecular complexity index is 1100. The van der Waals surface area contributed by atoms with Gasteiger partial charge < -0.3 is 9.80 Å². The summed E-state index contributed by atoms with van der Waals surface area (Å²) in [4.78, 5) is 47.9. The summed E-state index contributed by atoms with van der Waals surface area (Å²) in [7, 11) is 0. The number of fused-ring (bicyclic) bond motifs is 1. The van der Waals surface area contributed by atoms with Crippen LogP contribution in [0.5, 0.6) is 0 Å². The van der Waals surface area contributed by atoms with E-state index < -0.39 is 17.8 Å². The van der Waals surface area contributed by atoms with Crippen molar-refractivity contribution in [2.24, 2.45) is 0 Å². The van der Waals surface area contributed by atoms with Gasteiger partial charge in [0.15, 0.2) is 0 Å². The molecule has 0 spiro atoms. The Labute approximate surface area is 189 Å². The predicted molar refractivity (Wildman–Crippen MR) is 117 cm³/mol. The molecule has 2 fully saturated rings. The molecule has 168 valence electrons. The smallest absolute Gasteiger partial charge is 0.255 e. The van der Waals surface area contributed by atoms with Gasteiger partial charge in [-0.3, -0.25) is 24.6 Å². The molecule has 2 saturated heterocycles. The minimum atomic E-state index is -0.696. The zero-order chi connectivity index (χ0) is 22.4. The zero-order valence-corrected chi connectivity index (χ0v) is 18.6. The normalized spacial score (nSPS) is 21.8. The van der Waals surface area contributed by atoms with Crippen LogP contribution >= 0.6 is 11.3 Å². The molecule has 3 aliphatic rings. The van der Waals surface area contributed by atoms with Gasteiger partial charge in [-0.1, -0.05) is 0 Å². The van der Waals surface area contributed by atoms with Gasteiger partial charge in [0, 0.05) is 56.1 Å². The van der Waals surface area contributed by atoms with Crippen LogP contribution in [0.4, 0.5) is 10.1 Å². The molecular formula is C22H24FN5O3S. The van der Waals surface area contributed by atoms with Crippen LogP contribution in [0, 0.1) is 12.7 Å². The van der Waals surface area contributed by atoms with Gasteiger partial charge in [0.05, 0.1) is 16.9 Å². The van der Waals surface area contributed by atoms with E-state index in [4.69, 9.17) is 0 Å². The topological polar surface area (TPSA) is 85.8 Å². The molecule has 3 amide bonds. The molecule has 1 unspecified atom stereocenters. The van der Waals surface area contributed by atoms with Crippen LogP contribution in [0.1, 0.15) is 39.3 Å². The molecule has 10 heteroatoms. The number of hydrogen-bond acceptors (Lipinski definition) is 7. The molecule has 0 saturated carbocycles. The Kier molecular flexibility index (Phi) is 5.42. The van der Waals surface area contributed by atoms with E-state index in [1.807, 2.05) is 17.3 Å². The number of nitrogens with one attached hydrogen (secondary N) is 1. The van der Waals surface area contributed by atoms with Gasteiger partial charge in [0.2, 0.25) is 11.8 Å². The zero-order valence-electron chi connectivity index (χ0n) is 17.8. The number of carbonyl (C=O) groups excluding carboxylic acids is 3. The van der Waals surface area contributed by atoms with Crippen LogP contribution in [0.15, 0.2) is 17.6 Å². The molecule has 1 aromatic heterocycles. The van der Waals surface area contributed by atoms with E-state index in [-0.39, 0.29) is 24.8 Å². The average Bonchev–Trinajstić information content (AvgIpc) is 3.31. The highest BCUT2D eigenvalue weighted by Gasteiger charge is 2.40. The van der Waals surface area contributed by atoms with Crippen molar-refractivity contribution in [2.45, 2.75) is 38.9 Å². The molecule has 1 N–H and O–H groups in total. The van der Waals surface area contributed by atoms with Crippen molar-refractivity contribution in [1.82, 2.24) is 20.1 Å². The van der Waals surface area contributed by atoms with Crippen LogP contribution < -0.4 is 10.2 Å². The fourth-order valence-corrected chi connectivity index (χ4v) is 5.46. The van der Waals surface area contributed by atoms with Crippen molar-refractivity contribution >= 4 is 34.7 Å². The Morgan fingerprint density at radius 1 is 1.19 bits per heavy atom. The monoisotopic (exact) mass is 457 g/mol. The Morgan fingerprint density at radius 2 is 1.97 bits per heavy atom. The van der Waals surface area contributed by atoms with Crippen LogP contribution in [0.25, 0.3) is 0 Å². The first-order valence-electron chi connectivity index (χ1n) is 10.7. The highest BCUT2D eigenvalue weighted by Crippen LogP contribution is 2.33. The van der Waals surface area contributed by atoms with Crippen molar-refractivity contribution in [3.63, 3.8) is 0 Å². The number of imide groups is 1. The first kappa shape index (κ1) is 21.0. The fraction of sp³-hybridized carbons (Fsp3) is 0.455. The summed E-state index contributed by atoms with van der Waals surface area (Å²) in [5.74, 6) is -1.57. The second-order valence-electron chi connectivity index (χ2n) is 8.48. The van der Waals surface area contributed by atoms with E-state index in [0.717, 1.165) is 30.9 Å². The fourth-order valence-electron chi connectivity index (χ4n) is 4.65. The van der Waals surface area contributed by atoms with Gasteiger partial charge in [-0.15, -0.1) is 11.3 Å². The minimum Gasteiger partial charge on any atom is -0.367 e. The van der Waals surface area contributed by atoms with E-state index in [2.05, 4.69) is 15.2 Å². The Morgan fingerprint density at radius 3 is 2.66 bits per heavy atom. The van der Waals surface area contributed by atoms with Gasteiger partial charge in [-0.2, -0.15) is 0 Å². The highest BCUT2D eigenvalue weighted by atomic mass is 32.1. The molecule has 0 radical (unpaired) electrons. The molecular weight excluding hydrogens is 433 g/mol. The number of piperidine rings is 1. The number of hydrogen-bond donors (Lipinski definition) is 1. The molecule has 3 aliphatic heterocycles. The maximum Gasteiger partial charge on any atom is 0.255 e. The van der Waals surface area contributed by atoms with Crippen LogP contribution in [-0.4, -0.2) is 64.7 Å². The van der Waals surface area contributed by atoms with Gasteiger partial charge in [0.1, 0.15) is 11.9 Å². The maximum atomic E-state index is 15.0. The third kappa shape index (κ3) is 3.77. The quantitative estimate of drug-likeness (QED) is 0.703. The Balaban J connectivity index is 1.28. The predicted octanol–water partition coefficient (Wildman–Crippen LogP) is 1.67. The van der Waals surface area contributed by atoms with E-state index in [0.29, 0.717) is 30.8 Å². The lowest BCUT2D eigenvalue weighted by Gasteiger charge is -2.36. The standard InChI is InChI=1S/C22H24FN5O3S/c1-13-19(32-12-24-13)11-26-4-6-27(7-5-26)18-8-14-10-28(22(31)15(14)9-16(18)23)17-2-3-20(29)25-21(17)30/h8-9,12,17H,2-7,10-11H2,1H3,(H,25,29,30).